The smallest absolute Gasteiger partial charge is 0.227 e. The number of fused-ring (bicyclic) bond motifs is 1. The Labute approximate surface area is 182 Å². The Bertz CT molecular complexity index is 1140. The molecule has 164 valence electrons. The van der Waals surface area contributed by atoms with Crippen molar-refractivity contribution in [1.29, 1.82) is 5.26 Å². The number of aromatic nitrogens is 4. The van der Waals surface area contributed by atoms with Crippen molar-refractivity contribution in [2.24, 2.45) is 0 Å². The quantitative estimate of drug-likeness (QED) is 0.470. The van der Waals surface area contributed by atoms with Crippen molar-refractivity contribution in [2.75, 3.05) is 19.9 Å². The van der Waals surface area contributed by atoms with Crippen molar-refractivity contribution < 1.29 is 13.2 Å². The maximum atomic E-state index is 12.8. The van der Waals surface area contributed by atoms with Crippen LogP contribution in [0, 0.1) is 11.5 Å². The van der Waals surface area contributed by atoms with Gasteiger partial charge < -0.3 is 9.64 Å². The largest absolute Gasteiger partial charge is 0.480 e. The Hall–Kier alpha value is -2.80. The average molecular weight is 443 g/mol. The molecule has 2 aromatic rings. The van der Waals surface area contributed by atoms with Crippen LogP contribution in [-0.4, -0.2) is 53.2 Å². The van der Waals surface area contributed by atoms with E-state index in [-0.39, 0.29) is 22.8 Å². The zero-order valence-corrected chi connectivity index (χ0v) is 18.8. The third-order valence-corrected chi connectivity index (χ3v) is 6.84. The van der Waals surface area contributed by atoms with E-state index >= 15 is 0 Å². The van der Waals surface area contributed by atoms with E-state index in [1.165, 1.54) is 13.4 Å². The maximum Gasteiger partial charge on any atom is 0.227 e. The Balaban J connectivity index is 1.95. The van der Waals surface area contributed by atoms with Crippen LogP contribution < -0.4 is 4.74 Å². The third-order valence-electron chi connectivity index (χ3n) is 5.82. The molecule has 0 bridgehead atoms. The van der Waals surface area contributed by atoms with Gasteiger partial charge in [0.2, 0.25) is 5.88 Å². The fraction of sp³-hybridized carbons (Fsp3) is 0.571. The van der Waals surface area contributed by atoms with E-state index in [2.05, 4.69) is 28.1 Å². The number of ether oxygens (including phenoxy) is 1. The zero-order chi connectivity index (χ0) is 22.2. The van der Waals surface area contributed by atoms with E-state index in [4.69, 9.17) is 9.72 Å². The van der Waals surface area contributed by atoms with Crippen LogP contribution in [0.25, 0.3) is 11.4 Å². The summed E-state index contributed by atoms with van der Waals surface area (Å²) >= 11 is 0. The van der Waals surface area contributed by atoms with Gasteiger partial charge in [-0.3, -0.25) is 0 Å². The molecule has 2 aromatic heterocycles. The van der Waals surface area contributed by atoms with Crippen LogP contribution in [0.15, 0.2) is 11.4 Å². The molecule has 0 saturated heterocycles. The Morgan fingerprint density at radius 2 is 2.06 bits per heavy atom. The monoisotopic (exact) mass is 442 g/mol. The summed E-state index contributed by atoms with van der Waals surface area (Å²) in [5.74, 6) is 0.895. The molecule has 2 aliphatic rings. The number of unbranched alkanes of at least 4 members (excludes halogenated alkanes) is 1. The summed E-state index contributed by atoms with van der Waals surface area (Å²) in [5.41, 5.74) is 2.58. The number of hydrogen-bond acceptors (Lipinski definition) is 9. The van der Waals surface area contributed by atoms with Gasteiger partial charge in [-0.1, -0.05) is 19.8 Å². The second-order valence-corrected chi connectivity index (χ2v) is 10.0. The number of nitriles is 1. The summed E-state index contributed by atoms with van der Waals surface area (Å²) in [6.45, 7) is 2.56. The first-order valence-corrected chi connectivity index (χ1v) is 12.4. The van der Waals surface area contributed by atoms with E-state index < -0.39 is 9.84 Å². The Morgan fingerprint density at radius 3 is 2.68 bits per heavy atom. The van der Waals surface area contributed by atoms with Gasteiger partial charge in [-0.05, 0) is 19.3 Å². The topological polar surface area (TPSA) is 122 Å². The lowest BCUT2D eigenvalue weighted by Gasteiger charge is -2.34. The van der Waals surface area contributed by atoms with Gasteiger partial charge in [0.05, 0.1) is 24.5 Å². The average Bonchev–Trinajstić information content (AvgIpc) is 3.60. The van der Waals surface area contributed by atoms with Gasteiger partial charge in [-0.2, -0.15) is 5.26 Å². The van der Waals surface area contributed by atoms with Crippen molar-refractivity contribution in [1.82, 2.24) is 24.8 Å². The van der Waals surface area contributed by atoms with Gasteiger partial charge in [0.25, 0.3) is 0 Å². The molecule has 0 radical (unpaired) electrons. The summed E-state index contributed by atoms with van der Waals surface area (Å²) < 4.78 is 31.1. The lowest BCUT2D eigenvalue weighted by atomic mass is 9.94. The van der Waals surface area contributed by atoms with Crippen LogP contribution in [0.3, 0.4) is 0 Å². The molecule has 1 fully saturated rings. The first-order valence-electron chi connectivity index (χ1n) is 10.6. The molecule has 4 rings (SSSR count). The molecule has 0 N–H and O–H groups in total. The highest BCUT2D eigenvalue weighted by molar-refractivity contribution is 7.90. The minimum atomic E-state index is -3.67. The SMILES string of the molecule is CCCCC1c2c(nc(-c3c(OC)ncnc3C3CC3)nc2S(C)(=O)=O)CCN1C#N. The van der Waals surface area contributed by atoms with E-state index in [0.29, 0.717) is 42.1 Å². The number of rotatable bonds is 7. The zero-order valence-electron chi connectivity index (χ0n) is 18.0. The molecule has 0 spiro atoms. The number of sulfone groups is 1. The van der Waals surface area contributed by atoms with Crippen LogP contribution >= 0.6 is 0 Å². The number of methoxy groups -OCH3 is 1. The Kier molecular flexibility index (Phi) is 5.79. The van der Waals surface area contributed by atoms with E-state index in [1.54, 1.807) is 4.90 Å². The minimum Gasteiger partial charge on any atom is -0.480 e. The Morgan fingerprint density at radius 1 is 1.29 bits per heavy atom. The fourth-order valence-electron chi connectivity index (χ4n) is 4.18. The predicted molar refractivity (Wildman–Crippen MR) is 113 cm³/mol. The summed E-state index contributed by atoms with van der Waals surface area (Å²) in [6.07, 6.45) is 9.81. The van der Waals surface area contributed by atoms with Gasteiger partial charge in [0.15, 0.2) is 26.9 Å². The van der Waals surface area contributed by atoms with E-state index in [1.807, 2.05) is 0 Å². The molecule has 1 aliphatic heterocycles. The van der Waals surface area contributed by atoms with Gasteiger partial charge >= 0.3 is 0 Å². The summed E-state index contributed by atoms with van der Waals surface area (Å²) in [7, 11) is -2.15. The normalized spacial score (nSPS) is 18.4. The molecule has 0 aromatic carbocycles. The molecule has 1 saturated carbocycles. The van der Waals surface area contributed by atoms with Gasteiger partial charge in [0, 0.05) is 30.7 Å². The van der Waals surface area contributed by atoms with E-state index in [0.717, 1.165) is 37.6 Å². The standard InChI is InChI=1S/C21H26N6O3S/c1-4-5-6-15-16-14(9-10-27(15)11-22)25-19(26-21(16)31(3,28)29)17-18(13-7-8-13)23-12-24-20(17)30-2/h12-13,15H,4-10H2,1-3H3. The van der Waals surface area contributed by atoms with Crippen LogP contribution in [0.5, 0.6) is 5.88 Å². The highest BCUT2D eigenvalue weighted by Gasteiger charge is 2.36. The predicted octanol–water partition coefficient (Wildman–Crippen LogP) is 2.79. The fourth-order valence-corrected chi connectivity index (χ4v) is 5.09. The molecule has 10 heteroatoms. The lowest BCUT2D eigenvalue weighted by Crippen LogP contribution is -2.34. The van der Waals surface area contributed by atoms with Crippen LogP contribution in [0.1, 0.15) is 67.9 Å². The first kappa shape index (κ1) is 21.4. The van der Waals surface area contributed by atoms with Crippen molar-refractivity contribution >= 4 is 9.84 Å². The van der Waals surface area contributed by atoms with Crippen LogP contribution in [-0.2, 0) is 16.3 Å². The van der Waals surface area contributed by atoms with Gasteiger partial charge in [-0.15, -0.1) is 0 Å². The molecule has 1 unspecified atom stereocenters. The molecule has 1 atom stereocenters. The molecular weight excluding hydrogens is 416 g/mol. The molecule has 1 aliphatic carbocycles. The van der Waals surface area contributed by atoms with Crippen molar-refractivity contribution in [3.05, 3.63) is 23.3 Å². The summed E-state index contributed by atoms with van der Waals surface area (Å²) in [4.78, 5) is 19.6. The van der Waals surface area contributed by atoms with Crippen molar-refractivity contribution in [3.8, 4) is 23.5 Å². The molecule has 0 amide bonds. The highest BCUT2D eigenvalue weighted by atomic mass is 32.2. The molecular formula is C21H26N6O3S. The minimum absolute atomic E-state index is 0.0128. The summed E-state index contributed by atoms with van der Waals surface area (Å²) in [5, 5.41) is 9.63. The van der Waals surface area contributed by atoms with Crippen molar-refractivity contribution in [3.63, 3.8) is 0 Å². The van der Waals surface area contributed by atoms with Gasteiger partial charge in [-0.25, -0.2) is 28.4 Å². The number of hydrogen-bond donors (Lipinski definition) is 0. The third kappa shape index (κ3) is 4.06. The second kappa shape index (κ2) is 8.38. The maximum absolute atomic E-state index is 12.8. The molecule has 31 heavy (non-hydrogen) atoms. The highest BCUT2D eigenvalue weighted by Crippen LogP contribution is 2.45. The van der Waals surface area contributed by atoms with Crippen LogP contribution in [0.4, 0.5) is 0 Å². The van der Waals surface area contributed by atoms with Gasteiger partial charge in [0.1, 0.15) is 11.9 Å². The first-order chi connectivity index (χ1) is 14.9. The molecule has 9 nitrogen and oxygen atoms in total. The van der Waals surface area contributed by atoms with Crippen molar-refractivity contribution in [2.45, 2.75) is 62.4 Å². The second-order valence-electron chi connectivity index (χ2n) is 8.10. The molecule has 3 heterocycles. The summed E-state index contributed by atoms with van der Waals surface area (Å²) in [6, 6.07) is -0.343. The lowest BCUT2D eigenvalue weighted by molar-refractivity contribution is 0.251. The van der Waals surface area contributed by atoms with E-state index in [9.17, 15) is 13.7 Å². The number of nitrogens with zero attached hydrogens (tertiary/aromatic N) is 6. The van der Waals surface area contributed by atoms with Crippen LogP contribution in [0.2, 0.25) is 0 Å².